The molecule has 1 saturated heterocycles. The summed E-state index contributed by atoms with van der Waals surface area (Å²) in [6.07, 6.45) is 3.95. The molecule has 2 aliphatic heterocycles. The van der Waals surface area contributed by atoms with Crippen LogP contribution < -0.4 is 5.32 Å². The number of hydrogen-bond acceptors (Lipinski definition) is 4. The molecule has 0 aromatic carbocycles. The van der Waals surface area contributed by atoms with Gasteiger partial charge in [-0.05, 0) is 57.5 Å². The Hall–Kier alpha value is -2.77. The van der Waals surface area contributed by atoms with Crippen molar-refractivity contribution >= 4 is 23.0 Å². The molecule has 0 spiro atoms. The third kappa shape index (κ3) is 4.20. The summed E-state index contributed by atoms with van der Waals surface area (Å²) in [5, 5.41) is 2.98. The van der Waals surface area contributed by atoms with Gasteiger partial charge in [0.2, 0.25) is 0 Å². The number of nitrogens with zero attached hydrogens (tertiary/aromatic N) is 3. The van der Waals surface area contributed by atoms with Crippen LogP contribution in [-0.4, -0.2) is 59.7 Å². The largest absolute Gasteiger partial charge is 0.379 e. The lowest BCUT2D eigenvalue weighted by molar-refractivity contribution is -0.120. The first kappa shape index (κ1) is 21.5. The van der Waals surface area contributed by atoms with Gasteiger partial charge in [0.25, 0.3) is 11.8 Å². The van der Waals surface area contributed by atoms with Gasteiger partial charge in [-0.25, -0.2) is 4.99 Å². The van der Waals surface area contributed by atoms with Crippen LogP contribution in [0.15, 0.2) is 41.0 Å². The second-order valence-corrected chi connectivity index (χ2v) is 8.44. The Kier molecular flexibility index (Phi) is 6.07. The third-order valence-electron chi connectivity index (χ3n) is 6.39. The van der Waals surface area contributed by atoms with Gasteiger partial charge in [-0.3, -0.25) is 14.5 Å². The SMILES string of the molecule is CC1=CC(C)=NC(=O)C1CNC(=O)c1cc2cccn2c(C(C)N2CCOCC2)c1C. The van der Waals surface area contributed by atoms with Crippen molar-refractivity contribution in [3.63, 3.8) is 0 Å². The van der Waals surface area contributed by atoms with Crippen LogP contribution in [0.3, 0.4) is 0 Å². The maximum absolute atomic E-state index is 13.2. The summed E-state index contributed by atoms with van der Waals surface area (Å²) in [5.74, 6) is -0.765. The molecule has 0 saturated carbocycles. The molecule has 2 amide bonds. The molecular weight excluding hydrogens is 392 g/mol. The zero-order valence-electron chi connectivity index (χ0n) is 18.6. The Bertz CT molecular complexity index is 1080. The first-order valence-corrected chi connectivity index (χ1v) is 10.8. The van der Waals surface area contributed by atoms with E-state index < -0.39 is 5.92 Å². The molecule has 2 aromatic heterocycles. The summed E-state index contributed by atoms with van der Waals surface area (Å²) in [7, 11) is 0. The highest BCUT2D eigenvalue weighted by Gasteiger charge is 2.27. The van der Waals surface area contributed by atoms with Crippen molar-refractivity contribution in [3.8, 4) is 0 Å². The van der Waals surface area contributed by atoms with Gasteiger partial charge in [0.1, 0.15) is 0 Å². The molecule has 2 aromatic rings. The highest BCUT2D eigenvalue weighted by atomic mass is 16.5. The molecule has 164 valence electrons. The van der Waals surface area contributed by atoms with Gasteiger partial charge in [0.05, 0.1) is 19.1 Å². The molecule has 2 atom stereocenters. The van der Waals surface area contributed by atoms with Crippen molar-refractivity contribution in [1.82, 2.24) is 14.6 Å². The lowest BCUT2D eigenvalue weighted by Crippen LogP contribution is -2.39. The number of aromatic nitrogens is 1. The van der Waals surface area contributed by atoms with Crippen molar-refractivity contribution in [2.75, 3.05) is 32.8 Å². The maximum atomic E-state index is 13.2. The molecule has 0 aliphatic carbocycles. The minimum atomic E-state index is -0.406. The molecule has 1 N–H and O–H groups in total. The predicted molar refractivity (Wildman–Crippen MR) is 121 cm³/mol. The van der Waals surface area contributed by atoms with Gasteiger partial charge in [-0.2, -0.15) is 0 Å². The van der Waals surface area contributed by atoms with Crippen molar-refractivity contribution in [2.24, 2.45) is 10.9 Å². The standard InChI is InChI=1S/C24H30N4O3/c1-15-12-16(2)26-24(30)21(15)14-25-23(29)20-13-19-6-5-7-28(19)22(17(20)3)18(4)27-8-10-31-11-9-27/h5-7,12-13,18,21H,8-11,14H2,1-4H3,(H,25,29). The lowest BCUT2D eigenvalue weighted by Gasteiger charge is -2.34. The van der Waals surface area contributed by atoms with E-state index in [4.69, 9.17) is 4.74 Å². The molecule has 2 aliphatic rings. The average molecular weight is 423 g/mol. The normalized spacial score (nSPS) is 21.0. The maximum Gasteiger partial charge on any atom is 0.254 e. The number of morpholine rings is 1. The van der Waals surface area contributed by atoms with E-state index in [9.17, 15) is 9.59 Å². The predicted octanol–water partition coefficient (Wildman–Crippen LogP) is 2.93. The van der Waals surface area contributed by atoms with Gasteiger partial charge in [0.15, 0.2) is 0 Å². The highest BCUT2D eigenvalue weighted by molar-refractivity contribution is 6.06. The number of hydrogen-bond donors (Lipinski definition) is 1. The Morgan fingerprint density at radius 3 is 2.74 bits per heavy atom. The first-order chi connectivity index (χ1) is 14.9. The number of allylic oxidation sites excluding steroid dienone is 1. The van der Waals surface area contributed by atoms with Crippen LogP contribution in [0, 0.1) is 12.8 Å². The number of fused-ring (bicyclic) bond motifs is 1. The lowest BCUT2D eigenvalue weighted by atomic mass is 9.95. The van der Waals surface area contributed by atoms with Crippen molar-refractivity contribution in [1.29, 1.82) is 0 Å². The molecular formula is C24H30N4O3. The summed E-state index contributed by atoms with van der Waals surface area (Å²) >= 11 is 0. The Balaban J connectivity index is 1.60. The van der Waals surface area contributed by atoms with E-state index in [1.165, 1.54) is 0 Å². The molecule has 7 heteroatoms. The van der Waals surface area contributed by atoms with E-state index in [0.717, 1.165) is 48.7 Å². The van der Waals surface area contributed by atoms with Crippen LogP contribution in [0.1, 0.15) is 48.4 Å². The number of carbonyl (C=O) groups is 2. The smallest absolute Gasteiger partial charge is 0.254 e. The van der Waals surface area contributed by atoms with Crippen molar-refractivity contribution < 1.29 is 14.3 Å². The number of rotatable bonds is 5. The second kappa shape index (κ2) is 8.77. The van der Waals surface area contributed by atoms with Crippen LogP contribution in [0.5, 0.6) is 0 Å². The average Bonchev–Trinajstić information content (AvgIpc) is 3.20. The molecule has 31 heavy (non-hydrogen) atoms. The minimum Gasteiger partial charge on any atom is -0.379 e. The van der Waals surface area contributed by atoms with Gasteiger partial charge < -0.3 is 14.5 Å². The molecule has 0 radical (unpaired) electrons. The zero-order valence-corrected chi connectivity index (χ0v) is 18.6. The number of aliphatic imine (C=N–C) groups is 1. The summed E-state index contributed by atoms with van der Waals surface area (Å²) in [6, 6.07) is 6.09. The van der Waals surface area contributed by atoms with Crippen molar-refractivity contribution in [2.45, 2.75) is 33.7 Å². The molecule has 4 rings (SSSR count). The molecule has 1 fully saturated rings. The fourth-order valence-electron chi connectivity index (χ4n) is 4.64. The van der Waals surface area contributed by atoms with Gasteiger partial charge >= 0.3 is 0 Å². The van der Waals surface area contributed by atoms with Crippen molar-refractivity contribution in [3.05, 3.63) is 52.9 Å². The molecule has 0 bridgehead atoms. The van der Waals surface area contributed by atoms with Gasteiger partial charge in [-0.15, -0.1) is 0 Å². The van der Waals surface area contributed by atoms with E-state index in [1.54, 1.807) is 0 Å². The van der Waals surface area contributed by atoms with E-state index >= 15 is 0 Å². The highest BCUT2D eigenvalue weighted by Crippen LogP contribution is 2.29. The summed E-state index contributed by atoms with van der Waals surface area (Å²) in [6.45, 7) is 11.3. The van der Waals surface area contributed by atoms with E-state index in [2.05, 4.69) is 26.5 Å². The van der Waals surface area contributed by atoms with Gasteiger partial charge in [0, 0.05) is 54.4 Å². The third-order valence-corrected chi connectivity index (χ3v) is 6.39. The summed E-state index contributed by atoms with van der Waals surface area (Å²) < 4.78 is 7.68. The number of carbonyl (C=O) groups excluding carboxylic acids is 2. The van der Waals surface area contributed by atoms with Crippen LogP contribution in [0.4, 0.5) is 0 Å². The number of amides is 2. The monoisotopic (exact) mass is 422 g/mol. The topological polar surface area (TPSA) is 75.4 Å². The summed E-state index contributed by atoms with van der Waals surface area (Å²) in [5.41, 5.74) is 5.33. The second-order valence-electron chi connectivity index (χ2n) is 8.44. The molecule has 2 unspecified atom stereocenters. The van der Waals surface area contributed by atoms with Gasteiger partial charge in [-0.1, -0.05) is 5.57 Å². The summed E-state index contributed by atoms with van der Waals surface area (Å²) in [4.78, 5) is 31.9. The minimum absolute atomic E-state index is 0.147. The Morgan fingerprint density at radius 2 is 2.03 bits per heavy atom. The number of dihydropyridines is 1. The fourth-order valence-corrected chi connectivity index (χ4v) is 4.64. The van der Waals surface area contributed by atoms with Crippen LogP contribution in [-0.2, 0) is 9.53 Å². The first-order valence-electron chi connectivity index (χ1n) is 10.8. The zero-order chi connectivity index (χ0) is 22.1. The van der Waals surface area contributed by atoms with E-state index in [0.29, 0.717) is 11.3 Å². The van der Waals surface area contributed by atoms with E-state index in [1.807, 2.05) is 51.2 Å². The number of nitrogens with one attached hydrogen (secondary N) is 1. The molecule has 7 nitrogen and oxygen atoms in total. The quantitative estimate of drug-likeness (QED) is 0.804. The van der Waals surface area contributed by atoms with Crippen LogP contribution in [0.2, 0.25) is 0 Å². The van der Waals surface area contributed by atoms with E-state index in [-0.39, 0.29) is 24.4 Å². The van der Waals surface area contributed by atoms with Crippen LogP contribution in [0.25, 0.3) is 5.52 Å². The molecule has 4 heterocycles. The number of pyridine rings is 1. The Morgan fingerprint density at radius 1 is 1.29 bits per heavy atom. The fraction of sp³-hybridized carbons (Fsp3) is 0.458. The van der Waals surface area contributed by atoms with Crippen LogP contribution >= 0.6 is 0 Å². The number of ether oxygens (including phenoxy) is 1. The Labute approximate surface area is 182 Å².